The number of carbonyl (C=O) groups excluding carboxylic acids is 1. The molecule has 2 aromatic carbocycles. The zero-order valence-corrected chi connectivity index (χ0v) is 15.2. The number of H-pyrrole nitrogens is 1. The number of rotatable bonds is 3. The molecule has 1 atom stereocenters. The summed E-state index contributed by atoms with van der Waals surface area (Å²) >= 11 is 11.1. The van der Waals surface area contributed by atoms with Crippen molar-refractivity contribution in [1.29, 1.82) is 0 Å². The maximum Gasteiger partial charge on any atom is 0.261 e. The van der Waals surface area contributed by atoms with Crippen LogP contribution in [-0.2, 0) is 7.05 Å². The summed E-state index contributed by atoms with van der Waals surface area (Å²) in [6.07, 6.45) is 0. The predicted octanol–water partition coefficient (Wildman–Crippen LogP) is 3.74. The monoisotopic (exact) mass is 373 g/mol. The molecule has 25 heavy (non-hydrogen) atoms. The SMILES string of the molecule is CC(NC(=O)c1ccc2c(=O)n(C)c(=S)[nH]c2c1)c1cccc(Cl)c1. The topological polar surface area (TPSA) is 66.9 Å². The number of carbonyl (C=O) groups is 1. The fourth-order valence-electron chi connectivity index (χ4n) is 2.59. The number of hydrogen-bond acceptors (Lipinski definition) is 3. The molecule has 0 radical (unpaired) electrons. The molecule has 1 aromatic heterocycles. The summed E-state index contributed by atoms with van der Waals surface area (Å²) in [5.74, 6) is -0.241. The molecule has 0 spiro atoms. The zero-order chi connectivity index (χ0) is 18.1. The summed E-state index contributed by atoms with van der Waals surface area (Å²) in [7, 11) is 1.61. The molecule has 3 rings (SSSR count). The number of nitrogens with one attached hydrogen (secondary N) is 2. The first-order valence-electron chi connectivity index (χ1n) is 7.66. The van der Waals surface area contributed by atoms with Crippen molar-refractivity contribution in [2.24, 2.45) is 7.05 Å². The number of amides is 1. The van der Waals surface area contributed by atoms with Crippen LogP contribution in [0.2, 0.25) is 5.02 Å². The smallest absolute Gasteiger partial charge is 0.261 e. The minimum Gasteiger partial charge on any atom is -0.346 e. The normalized spacial score (nSPS) is 12.1. The van der Waals surface area contributed by atoms with E-state index in [0.717, 1.165) is 5.56 Å². The molecule has 1 heterocycles. The van der Waals surface area contributed by atoms with Gasteiger partial charge in [-0.25, -0.2) is 0 Å². The lowest BCUT2D eigenvalue weighted by atomic mass is 10.1. The van der Waals surface area contributed by atoms with Gasteiger partial charge in [-0.2, -0.15) is 0 Å². The van der Waals surface area contributed by atoms with E-state index in [4.69, 9.17) is 23.8 Å². The van der Waals surface area contributed by atoms with Gasteiger partial charge in [0.2, 0.25) is 0 Å². The van der Waals surface area contributed by atoms with Crippen LogP contribution in [-0.4, -0.2) is 15.5 Å². The minimum atomic E-state index is -0.241. The third kappa shape index (κ3) is 3.50. The van der Waals surface area contributed by atoms with Gasteiger partial charge in [0.1, 0.15) is 0 Å². The van der Waals surface area contributed by atoms with E-state index in [0.29, 0.717) is 26.3 Å². The maximum atomic E-state index is 12.5. The molecular formula is C18H16ClN3O2S. The number of aromatic amines is 1. The predicted molar refractivity (Wildman–Crippen MR) is 102 cm³/mol. The zero-order valence-electron chi connectivity index (χ0n) is 13.7. The summed E-state index contributed by atoms with van der Waals surface area (Å²) in [6.45, 7) is 1.88. The third-order valence-electron chi connectivity index (χ3n) is 4.06. The molecule has 3 aromatic rings. The van der Waals surface area contributed by atoms with E-state index in [1.807, 2.05) is 25.1 Å². The first kappa shape index (κ1) is 17.4. The average molecular weight is 374 g/mol. The van der Waals surface area contributed by atoms with Crippen LogP contribution in [0.4, 0.5) is 0 Å². The van der Waals surface area contributed by atoms with Crippen LogP contribution in [0.5, 0.6) is 0 Å². The number of hydrogen-bond donors (Lipinski definition) is 2. The fourth-order valence-corrected chi connectivity index (χ4v) is 2.98. The Labute approximate surface area is 154 Å². The Morgan fingerprint density at radius 2 is 2.04 bits per heavy atom. The second-order valence-corrected chi connectivity index (χ2v) is 6.63. The minimum absolute atomic E-state index is 0.196. The van der Waals surface area contributed by atoms with Gasteiger partial charge in [-0.1, -0.05) is 23.7 Å². The van der Waals surface area contributed by atoms with Gasteiger partial charge in [0.15, 0.2) is 4.77 Å². The lowest BCUT2D eigenvalue weighted by Crippen LogP contribution is -2.27. The second-order valence-electron chi connectivity index (χ2n) is 5.80. The van der Waals surface area contributed by atoms with Gasteiger partial charge >= 0.3 is 0 Å². The van der Waals surface area contributed by atoms with Crippen molar-refractivity contribution < 1.29 is 4.79 Å². The molecule has 0 bridgehead atoms. The molecule has 0 saturated heterocycles. The Morgan fingerprint density at radius 1 is 1.28 bits per heavy atom. The van der Waals surface area contributed by atoms with E-state index < -0.39 is 0 Å². The van der Waals surface area contributed by atoms with Crippen LogP contribution >= 0.6 is 23.8 Å². The van der Waals surface area contributed by atoms with Gasteiger partial charge in [0.25, 0.3) is 11.5 Å². The summed E-state index contributed by atoms with van der Waals surface area (Å²) in [5.41, 5.74) is 1.70. The third-order valence-corrected chi connectivity index (χ3v) is 4.67. The molecule has 2 N–H and O–H groups in total. The van der Waals surface area contributed by atoms with Crippen LogP contribution in [0, 0.1) is 4.77 Å². The molecule has 0 saturated carbocycles. The molecule has 7 heteroatoms. The summed E-state index contributed by atoms with van der Waals surface area (Å²) in [6, 6.07) is 12.0. The number of nitrogens with zero attached hydrogens (tertiary/aromatic N) is 1. The standard InChI is InChI=1S/C18H16ClN3O2S/c1-10(11-4-3-5-13(19)8-11)20-16(23)12-6-7-14-15(9-12)21-18(25)22(2)17(14)24/h3-10H,1-2H3,(H,20,23)(H,21,25). The molecule has 0 aliphatic rings. The van der Waals surface area contributed by atoms with Crippen molar-refractivity contribution in [3.8, 4) is 0 Å². The maximum absolute atomic E-state index is 12.5. The molecule has 0 aliphatic carbocycles. The Kier molecular flexibility index (Phi) is 4.74. The highest BCUT2D eigenvalue weighted by Gasteiger charge is 2.13. The van der Waals surface area contributed by atoms with Crippen molar-refractivity contribution in [3.05, 3.63) is 73.7 Å². The summed E-state index contributed by atoms with van der Waals surface area (Å²) in [4.78, 5) is 27.7. The first-order chi connectivity index (χ1) is 11.9. The van der Waals surface area contributed by atoms with Crippen LogP contribution in [0.1, 0.15) is 28.9 Å². The van der Waals surface area contributed by atoms with Crippen molar-refractivity contribution in [2.75, 3.05) is 0 Å². The quantitative estimate of drug-likeness (QED) is 0.687. The second kappa shape index (κ2) is 6.82. The van der Waals surface area contributed by atoms with Crippen LogP contribution < -0.4 is 10.9 Å². The first-order valence-corrected chi connectivity index (χ1v) is 8.45. The van der Waals surface area contributed by atoms with E-state index in [1.54, 1.807) is 31.3 Å². The lowest BCUT2D eigenvalue weighted by Gasteiger charge is -2.15. The highest BCUT2D eigenvalue weighted by atomic mass is 35.5. The number of aromatic nitrogens is 2. The Morgan fingerprint density at radius 3 is 2.76 bits per heavy atom. The largest absolute Gasteiger partial charge is 0.346 e. The van der Waals surface area contributed by atoms with Crippen molar-refractivity contribution in [3.63, 3.8) is 0 Å². The van der Waals surface area contributed by atoms with Gasteiger partial charge in [0, 0.05) is 17.6 Å². The molecule has 128 valence electrons. The number of benzene rings is 2. The average Bonchev–Trinajstić information content (AvgIpc) is 2.59. The molecule has 5 nitrogen and oxygen atoms in total. The molecule has 0 aliphatic heterocycles. The Bertz CT molecular complexity index is 1090. The van der Waals surface area contributed by atoms with Gasteiger partial charge < -0.3 is 10.3 Å². The molecule has 1 unspecified atom stereocenters. The summed E-state index contributed by atoms with van der Waals surface area (Å²) < 4.78 is 1.67. The van der Waals surface area contributed by atoms with Gasteiger partial charge in [-0.05, 0) is 55.0 Å². The van der Waals surface area contributed by atoms with Crippen LogP contribution in [0.25, 0.3) is 10.9 Å². The van der Waals surface area contributed by atoms with E-state index in [-0.39, 0.29) is 17.5 Å². The molecule has 0 fully saturated rings. The molecular weight excluding hydrogens is 358 g/mol. The summed E-state index contributed by atoms with van der Waals surface area (Å²) in [5, 5.41) is 4.02. The Balaban J connectivity index is 1.91. The Hall–Kier alpha value is -2.44. The number of halogens is 1. The van der Waals surface area contributed by atoms with E-state index >= 15 is 0 Å². The molecule has 1 amide bonds. The van der Waals surface area contributed by atoms with E-state index in [9.17, 15) is 9.59 Å². The van der Waals surface area contributed by atoms with Gasteiger partial charge in [-0.3, -0.25) is 14.2 Å². The van der Waals surface area contributed by atoms with Gasteiger partial charge in [0.05, 0.1) is 16.9 Å². The van der Waals surface area contributed by atoms with E-state index in [1.165, 1.54) is 4.57 Å². The lowest BCUT2D eigenvalue weighted by molar-refractivity contribution is 0.0940. The fraction of sp³-hybridized carbons (Fsp3) is 0.167. The van der Waals surface area contributed by atoms with E-state index in [2.05, 4.69) is 10.3 Å². The number of fused-ring (bicyclic) bond motifs is 1. The van der Waals surface area contributed by atoms with Gasteiger partial charge in [-0.15, -0.1) is 0 Å². The van der Waals surface area contributed by atoms with Crippen molar-refractivity contribution in [1.82, 2.24) is 14.9 Å². The highest BCUT2D eigenvalue weighted by molar-refractivity contribution is 7.71. The van der Waals surface area contributed by atoms with Crippen LogP contribution in [0.3, 0.4) is 0 Å². The highest BCUT2D eigenvalue weighted by Crippen LogP contribution is 2.18. The van der Waals surface area contributed by atoms with Crippen molar-refractivity contribution >= 4 is 40.6 Å². The van der Waals surface area contributed by atoms with Crippen LogP contribution in [0.15, 0.2) is 47.3 Å². The van der Waals surface area contributed by atoms with Crippen molar-refractivity contribution in [2.45, 2.75) is 13.0 Å².